The maximum Gasteiger partial charge on any atom is 0.102 e. The number of thioether (sulfide) groups is 1. The summed E-state index contributed by atoms with van der Waals surface area (Å²) in [6, 6.07) is 3.79. The van der Waals surface area contributed by atoms with Gasteiger partial charge in [0.15, 0.2) is 0 Å². The van der Waals surface area contributed by atoms with E-state index in [-0.39, 0.29) is 0 Å². The van der Waals surface area contributed by atoms with E-state index in [2.05, 4.69) is 18.8 Å². The Bertz CT molecular complexity index is 286. The van der Waals surface area contributed by atoms with E-state index >= 15 is 0 Å². The monoisotopic (exact) mass is 211 g/mol. The average molecular weight is 211 g/mol. The van der Waals surface area contributed by atoms with E-state index in [4.69, 9.17) is 0 Å². The second-order valence-corrected chi connectivity index (χ2v) is 4.79. The van der Waals surface area contributed by atoms with E-state index in [0.29, 0.717) is 5.92 Å². The fraction of sp³-hybridized carbons (Fsp3) is 0.545. The topological polar surface area (TPSA) is 33.1 Å². The smallest absolute Gasteiger partial charge is 0.102 e. The fourth-order valence-corrected chi connectivity index (χ4v) is 2.12. The molecule has 1 aromatic heterocycles. The van der Waals surface area contributed by atoms with Crippen molar-refractivity contribution in [2.45, 2.75) is 31.9 Å². The summed E-state index contributed by atoms with van der Waals surface area (Å²) in [6.45, 7) is 6.13. The van der Waals surface area contributed by atoms with E-state index in [9.17, 15) is 5.11 Å². The summed E-state index contributed by atoms with van der Waals surface area (Å²) in [5.41, 5.74) is 0.929. The predicted molar refractivity (Wildman–Crippen MR) is 60.4 cm³/mol. The largest absolute Gasteiger partial charge is 0.389 e. The van der Waals surface area contributed by atoms with Crippen molar-refractivity contribution in [3.63, 3.8) is 0 Å². The first-order chi connectivity index (χ1) is 6.61. The summed E-state index contributed by atoms with van der Waals surface area (Å²) in [6.07, 6.45) is 1.34. The van der Waals surface area contributed by atoms with Gasteiger partial charge in [0.25, 0.3) is 0 Å². The third kappa shape index (κ3) is 3.31. The molecule has 0 aliphatic heterocycles. The molecule has 14 heavy (non-hydrogen) atoms. The highest BCUT2D eigenvalue weighted by Crippen LogP contribution is 2.26. The molecule has 2 nitrogen and oxygen atoms in total. The van der Waals surface area contributed by atoms with Gasteiger partial charge in [-0.1, -0.05) is 19.9 Å². The maximum atomic E-state index is 9.52. The second kappa shape index (κ2) is 5.37. The summed E-state index contributed by atoms with van der Waals surface area (Å²) >= 11 is 1.71. The van der Waals surface area contributed by atoms with Crippen LogP contribution in [0, 0.1) is 5.92 Å². The molecule has 0 spiro atoms. The highest BCUT2D eigenvalue weighted by atomic mass is 32.2. The first kappa shape index (κ1) is 11.5. The number of aromatic nitrogens is 1. The summed E-state index contributed by atoms with van der Waals surface area (Å²) < 4.78 is 0. The van der Waals surface area contributed by atoms with Crippen molar-refractivity contribution in [1.82, 2.24) is 4.98 Å². The Balaban J connectivity index is 2.74. The van der Waals surface area contributed by atoms with Gasteiger partial charge in [0.05, 0.1) is 6.10 Å². The van der Waals surface area contributed by atoms with Gasteiger partial charge in [-0.25, -0.2) is 4.98 Å². The molecule has 0 amide bonds. The number of pyridine rings is 1. The van der Waals surface area contributed by atoms with E-state index in [0.717, 1.165) is 16.3 Å². The molecule has 1 atom stereocenters. The molecule has 1 N–H and O–H groups in total. The zero-order chi connectivity index (χ0) is 10.6. The summed E-state index contributed by atoms with van der Waals surface area (Å²) in [5, 5.41) is 10.5. The minimum absolute atomic E-state index is 0.432. The molecular weight excluding hydrogens is 194 g/mol. The molecule has 78 valence electrons. The number of nitrogens with zero attached hydrogens (tertiary/aromatic N) is 1. The van der Waals surface area contributed by atoms with Crippen LogP contribution in [0.1, 0.15) is 32.4 Å². The minimum Gasteiger partial charge on any atom is -0.389 e. The van der Waals surface area contributed by atoms with Gasteiger partial charge in [0, 0.05) is 17.5 Å². The van der Waals surface area contributed by atoms with Gasteiger partial charge in [-0.15, -0.1) is 11.8 Å². The Labute approximate surface area is 89.8 Å². The van der Waals surface area contributed by atoms with Crippen LogP contribution in [0.15, 0.2) is 23.4 Å². The Kier molecular flexibility index (Phi) is 4.42. The Morgan fingerprint density at radius 3 is 2.71 bits per heavy atom. The standard InChI is InChI=1S/C11H17NOS/c1-8(2)7-14-11-10(9(3)13)5-4-6-12-11/h4-6,8-9,13H,7H2,1-3H3. The molecule has 1 heterocycles. The zero-order valence-electron chi connectivity index (χ0n) is 8.90. The molecule has 0 saturated carbocycles. The molecule has 0 aliphatic rings. The van der Waals surface area contributed by atoms with Crippen LogP contribution in [0.25, 0.3) is 0 Å². The number of hydrogen-bond acceptors (Lipinski definition) is 3. The van der Waals surface area contributed by atoms with Gasteiger partial charge in [0.2, 0.25) is 0 Å². The molecule has 0 aliphatic carbocycles. The Hall–Kier alpha value is -0.540. The van der Waals surface area contributed by atoms with Crippen LogP contribution in [-0.4, -0.2) is 15.8 Å². The molecule has 0 fully saturated rings. The second-order valence-electron chi connectivity index (χ2n) is 3.78. The molecule has 3 heteroatoms. The molecule has 1 rings (SSSR count). The van der Waals surface area contributed by atoms with Gasteiger partial charge in [-0.2, -0.15) is 0 Å². The van der Waals surface area contributed by atoms with Crippen LogP contribution in [-0.2, 0) is 0 Å². The van der Waals surface area contributed by atoms with Crippen molar-refractivity contribution >= 4 is 11.8 Å². The number of aliphatic hydroxyl groups is 1. The molecule has 0 bridgehead atoms. The molecule has 1 aromatic rings. The lowest BCUT2D eigenvalue weighted by Gasteiger charge is -2.10. The van der Waals surface area contributed by atoms with E-state index in [1.807, 2.05) is 12.1 Å². The van der Waals surface area contributed by atoms with Crippen molar-refractivity contribution in [3.8, 4) is 0 Å². The van der Waals surface area contributed by atoms with Crippen LogP contribution in [0.4, 0.5) is 0 Å². The maximum absolute atomic E-state index is 9.52. The van der Waals surface area contributed by atoms with E-state index in [1.54, 1.807) is 24.9 Å². The van der Waals surface area contributed by atoms with Crippen molar-refractivity contribution in [3.05, 3.63) is 23.9 Å². The van der Waals surface area contributed by atoms with Crippen molar-refractivity contribution in [1.29, 1.82) is 0 Å². The highest BCUT2D eigenvalue weighted by Gasteiger charge is 2.09. The quantitative estimate of drug-likeness (QED) is 0.777. The third-order valence-electron chi connectivity index (χ3n) is 1.80. The van der Waals surface area contributed by atoms with Crippen LogP contribution in [0.3, 0.4) is 0 Å². The predicted octanol–water partition coefficient (Wildman–Crippen LogP) is 2.88. The first-order valence-corrected chi connectivity index (χ1v) is 5.85. The van der Waals surface area contributed by atoms with Crippen LogP contribution in [0.5, 0.6) is 0 Å². The number of hydrogen-bond donors (Lipinski definition) is 1. The molecule has 0 radical (unpaired) electrons. The minimum atomic E-state index is -0.432. The normalized spacial score (nSPS) is 13.2. The summed E-state index contributed by atoms with van der Waals surface area (Å²) in [5.74, 6) is 1.68. The molecule has 0 saturated heterocycles. The first-order valence-electron chi connectivity index (χ1n) is 4.87. The van der Waals surface area contributed by atoms with Gasteiger partial charge < -0.3 is 5.11 Å². The SMILES string of the molecule is CC(C)CSc1ncccc1C(C)O. The summed E-state index contributed by atoms with van der Waals surface area (Å²) in [7, 11) is 0. The van der Waals surface area contributed by atoms with Crippen LogP contribution >= 0.6 is 11.8 Å². The van der Waals surface area contributed by atoms with E-state index in [1.165, 1.54) is 0 Å². The third-order valence-corrected chi connectivity index (χ3v) is 3.25. The Morgan fingerprint density at radius 2 is 2.14 bits per heavy atom. The van der Waals surface area contributed by atoms with Gasteiger partial charge in [-0.3, -0.25) is 0 Å². The molecular formula is C11H17NOS. The summed E-state index contributed by atoms with van der Waals surface area (Å²) in [4.78, 5) is 4.27. The van der Waals surface area contributed by atoms with E-state index < -0.39 is 6.10 Å². The Morgan fingerprint density at radius 1 is 1.43 bits per heavy atom. The lowest BCUT2D eigenvalue weighted by Crippen LogP contribution is -1.98. The number of rotatable bonds is 4. The van der Waals surface area contributed by atoms with Crippen molar-refractivity contribution in [2.75, 3.05) is 5.75 Å². The number of aliphatic hydroxyl groups excluding tert-OH is 1. The van der Waals surface area contributed by atoms with Gasteiger partial charge >= 0.3 is 0 Å². The van der Waals surface area contributed by atoms with Gasteiger partial charge in [-0.05, 0) is 18.9 Å². The van der Waals surface area contributed by atoms with Crippen molar-refractivity contribution in [2.24, 2.45) is 5.92 Å². The molecule has 0 aromatic carbocycles. The highest BCUT2D eigenvalue weighted by molar-refractivity contribution is 7.99. The van der Waals surface area contributed by atoms with Crippen LogP contribution < -0.4 is 0 Å². The van der Waals surface area contributed by atoms with Gasteiger partial charge in [0.1, 0.15) is 5.03 Å². The van der Waals surface area contributed by atoms with Crippen LogP contribution in [0.2, 0.25) is 0 Å². The molecule has 1 unspecified atom stereocenters. The zero-order valence-corrected chi connectivity index (χ0v) is 9.71. The lowest BCUT2D eigenvalue weighted by atomic mass is 10.2. The van der Waals surface area contributed by atoms with Crippen molar-refractivity contribution < 1.29 is 5.11 Å². The average Bonchev–Trinajstić information content (AvgIpc) is 2.15. The lowest BCUT2D eigenvalue weighted by molar-refractivity contribution is 0.195. The fourth-order valence-electron chi connectivity index (χ4n) is 1.09.